The predicted octanol–water partition coefficient (Wildman–Crippen LogP) is 2.24. The number of nitrogens with zero attached hydrogens (tertiary/aromatic N) is 3. The van der Waals surface area contributed by atoms with Crippen molar-refractivity contribution in [2.45, 2.75) is 0 Å². The zero-order valence-electron chi connectivity index (χ0n) is 8.87. The molecule has 0 aliphatic carbocycles. The van der Waals surface area contributed by atoms with Crippen molar-refractivity contribution in [2.75, 3.05) is 7.11 Å². The summed E-state index contributed by atoms with van der Waals surface area (Å²) in [7, 11) is 1.55. The van der Waals surface area contributed by atoms with Crippen LogP contribution < -0.4 is 4.74 Å². The number of rotatable bonds is 3. The van der Waals surface area contributed by atoms with Crippen LogP contribution in [-0.4, -0.2) is 23.3 Å². The summed E-state index contributed by atoms with van der Waals surface area (Å²) >= 11 is 0. The minimum atomic E-state index is 0.426. The van der Waals surface area contributed by atoms with Crippen LogP contribution in [0.25, 0.3) is 0 Å². The Morgan fingerprint density at radius 2 is 1.88 bits per heavy atom. The number of aromatic nitrogens is 2. The number of benzene rings is 1. The van der Waals surface area contributed by atoms with Gasteiger partial charge in [-0.25, -0.2) is 15.0 Å². The maximum Gasteiger partial charge on any atom is 0.259 e. The van der Waals surface area contributed by atoms with Crippen LogP contribution in [0.5, 0.6) is 5.88 Å². The quantitative estimate of drug-likeness (QED) is 0.734. The summed E-state index contributed by atoms with van der Waals surface area (Å²) in [6.45, 7) is 0. The van der Waals surface area contributed by atoms with Crippen molar-refractivity contribution in [3.05, 3.63) is 48.3 Å². The molecule has 80 valence electrons. The van der Waals surface area contributed by atoms with E-state index in [2.05, 4.69) is 15.0 Å². The Labute approximate surface area is 93.7 Å². The molecule has 0 fully saturated rings. The highest BCUT2D eigenvalue weighted by molar-refractivity contribution is 5.81. The lowest BCUT2D eigenvalue weighted by Crippen LogP contribution is -1.89. The van der Waals surface area contributed by atoms with E-state index in [1.165, 1.54) is 0 Å². The minimum absolute atomic E-state index is 0.426. The third-order valence-corrected chi connectivity index (χ3v) is 1.98. The minimum Gasteiger partial charge on any atom is -0.478 e. The van der Waals surface area contributed by atoms with E-state index >= 15 is 0 Å². The number of ether oxygens (including phenoxy) is 1. The van der Waals surface area contributed by atoms with Gasteiger partial charge in [-0.1, -0.05) is 30.3 Å². The first-order valence-corrected chi connectivity index (χ1v) is 4.84. The molecule has 1 aromatic carbocycles. The van der Waals surface area contributed by atoms with Crippen LogP contribution in [0.4, 0.5) is 5.82 Å². The zero-order chi connectivity index (χ0) is 11.2. The second kappa shape index (κ2) is 5.02. The summed E-state index contributed by atoms with van der Waals surface area (Å²) in [6, 6.07) is 9.80. The number of hydrogen-bond acceptors (Lipinski definition) is 4. The van der Waals surface area contributed by atoms with Gasteiger partial charge in [-0.2, -0.15) is 0 Å². The highest BCUT2D eigenvalue weighted by Crippen LogP contribution is 2.19. The van der Waals surface area contributed by atoms with Crippen molar-refractivity contribution < 1.29 is 4.74 Å². The average Bonchev–Trinajstić information content (AvgIpc) is 2.38. The van der Waals surface area contributed by atoms with Gasteiger partial charge >= 0.3 is 0 Å². The Morgan fingerprint density at radius 3 is 2.62 bits per heavy atom. The molecule has 4 heteroatoms. The van der Waals surface area contributed by atoms with Gasteiger partial charge < -0.3 is 4.74 Å². The van der Waals surface area contributed by atoms with Crippen molar-refractivity contribution in [2.24, 2.45) is 4.99 Å². The van der Waals surface area contributed by atoms with E-state index in [0.29, 0.717) is 11.7 Å². The van der Waals surface area contributed by atoms with E-state index in [1.807, 2.05) is 30.3 Å². The lowest BCUT2D eigenvalue weighted by Gasteiger charge is -1.99. The summed E-state index contributed by atoms with van der Waals surface area (Å²) in [5.41, 5.74) is 1.01. The summed E-state index contributed by atoms with van der Waals surface area (Å²) in [6.07, 6.45) is 4.88. The molecule has 0 aliphatic rings. The fourth-order valence-corrected chi connectivity index (χ4v) is 1.23. The van der Waals surface area contributed by atoms with Gasteiger partial charge in [0.15, 0.2) is 0 Å². The van der Waals surface area contributed by atoms with Gasteiger partial charge in [0.1, 0.15) is 0 Å². The van der Waals surface area contributed by atoms with E-state index in [-0.39, 0.29) is 0 Å². The smallest absolute Gasteiger partial charge is 0.259 e. The molecule has 1 heterocycles. The molecule has 2 aromatic rings. The van der Waals surface area contributed by atoms with E-state index in [4.69, 9.17) is 4.74 Å². The molecule has 1 aromatic heterocycles. The number of hydrogen-bond donors (Lipinski definition) is 0. The summed E-state index contributed by atoms with van der Waals surface area (Å²) < 4.78 is 5.05. The standard InChI is InChI=1S/C12H11N3O/c1-16-12-11(13-7-8-14-12)15-9-10-5-3-2-4-6-10/h2-9H,1H3. The lowest BCUT2D eigenvalue weighted by atomic mass is 10.2. The molecule has 16 heavy (non-hydrogen) atoms. The monoisotopic (exact) mass is 213 g/mol. The number of aliphatic imine (C=N–C) groups is 1. The van der Waals surface area contributed by atoms with Crippen LogP contribution in [0.3, 0.4) is 0 Å². The van der Waals surface area contributed by atoms with Crippen LogP contribution in [0, 0.1) is 0 Å². The Bertz CT molecular complexity index is 483. The van der Waals surface area contributed by atoms with Gasteiger partial charge in [-0.15, -0.1) is 0 Å². The number of methoxy groups -OCH3 is 1. The largest absolute Gasteiger partial charge is 0.478 e. The Balaban J connectivity index is 2.24. The van der Waals surface area contributed by atoms with Crippen LogP contribution in [0.15, 0.2) is 47.7 Å². The molecule has 0 spiro atoms. The van der Waals surface area contributed by atoms with Crippen molar-refractivity contribution in [1.82, 2.24) is 9.97 Å². The Kier molecular flexibility index (Phi) is 3.23. The molecule has 0 unspecified atom stereocenters. The van der Waals surface area contributed by atoms with E-state index in [1.54, 1.807) is 25.7 Å². The summed E-state index contributed by atoms with van der Waals surface area (Å²) in [5.74, 6) is 0.906. The average molecular weight is 213 g/mol. The molecule has 0 aliphatic heterocycles. The topological polar surface area (TPSA) is 47.4 Å². The fraction of sp³-hybridized carbons (Fsp3) is 0.0833. The molecular weight excluding hydrogens is 202 g/mol. The van der Waals surface area contributed by atoms with Gasteiger partial charge in [0, 0.05) is 18.6 Å². The normalized spacial score (nSPS) is 10.6. The highest BCUT2D eigenvalue weighted by Gasteiger charge is 2.01. The molecule has 4 nitrogen and oxygen atoms in total. The Morgan fingerprint density at radius 1 is 1.12 bits per heavy atom. The SMILES string of the molecule is COc1nccnc1N=Cc1ccccc1. The fourth-order valence-electron chi connectivity index (χ4n) is 1.23. The maximum absolute atomic E-state index is 5.05. The molecular formula is C12H11N3O. The van der Waals surface area contributed by atoms with E-state index < -0.39 is 0 Å². The molecule has 0 bridgehead atoms. The van der Waals surface area contributed by atoms with E-state index in [9.17, 15) is 0 Å². The Hall–Kier alpha value is -2.23. The molecule has 0 saturated heterocycles. The third kappa shape index (κ3) is 2.42. The zero-order valence-corrected chi connectivity index (χ0v) is 8.87. The predicted molar refractivity (Wildman–Crippen MR) is 62.3 cm³/mol. The molecule has 2 rings (SSSR count). The van der Waals surface area contributed by atoms with Crippen LogP contribution >= 0.6 is 0 Å². The molecule has 0 radical (unpaired) electrons. The van der Waals surface area contributed by atoms with Gasteiger partial charge in [-0.05, 0) is 5.56 Å². The first-order valence-electron chi connectivity index (χ1n) is 4.84. The molecule has 0 saturated carbocycles. The summed E-state index contributed by atoms with van der Waals surface area (Å²) in [5, 5.41) is 0. The van der Waals surface area contributed by atoms with E-state index in [0.717, 1.165) is 5.56 Å². The van der Waals surface area contributed by atoms with Crippen LogP contribution in [0.2, 0.25) is 0 Å². The molecule has 0 N–H and O–H groups in total. The molecule has 0 atom stereocenters. The van der Waals surface area contributed by atoms with Crippen molar-refractivity contribution in [3.63, 3.8) is 0 Å². The maximum atomic E-state index is 5.05. The van der Waals surface area contributed by atoms with Crippen LogP contribution in [0.1, 0.15) is 5.56 Å². The second-order valence-electron chi connectivity index (χ2n) is 3.06. The van der Waals surface area contributed by atoms with Crippen molar-refractivity contribution >= 4 is 12.0 Å². The van der Waals surface area contributed by atoms with Crippen molar-refractivity contribution in [1.29, 1.82) is 0 Å². The highest BCUT2D eigenvalue weighted by atomic mass is 16.5. The first kappa shape index (κ1) is 10.3. The lowest BCUT2D eigenvalue weighted by molar-refractivity contribution is 0.397. The first-order chi connectivity index (χ1) is 7.90. The summed E-state index contributed by atoms with van der Waals surface area (Å²) in [4.78, 5) is 12.3. The van der Waals surface area contributed by atoms with Gasteiger partial charge in [-0.3, -0.25) is 0 Å². The van der Waals surface area contributed by atoms with Gasteiger partial charge in [0.25, 0.3) is 5.88 Å². The van der Waals surface area contributed by atoms with Gasteiger partial charge in [0.05, 0.1) is 7.11 Å². The van der Waals surface area contributed by atoms with Gasteiger partial charge in [0.2, 0.25) is 5.82 Å². The van der Waals surface area contributed by atoms with Crippen LogP contribution in [-0.2, 0) is 0 Å². The van der Waals surface area contributed by atoms with Crippen molar-refractivity contribution in [3.8, 4) is 5.88 Å². The second-order valence-corrected chi connectivity index (χ2v) is 3.06. The molecule has 0 amide bonds. The third-order valence-electron chi connectivity index (χ3n) is 1.98.